The van der Waals surface area contributed by atoms with Crippen molar-refractivity contribution in [2.45, 2.75) is 32.5 Å². The molecular weight excluding hydrogens is 362 g/mol. The highest BCUT2D eigenvalue weighted by atomic mass is 35.5. The van der Waals surface area contributed by atoms with Gasteiger partial charge in [0.2, 0.25) is 0 Å². The van der Waals surface area contributed by atoms with Gasteiger partial charge in [0, 0.05) is 5.56 Å². The maximum atomic E-state index is 14.3. The number of alkyl halides is 3. The van der Waals surface area contributed by atoms with Crippen molar-refractivity contribution in [1.82, 2.24) is 4.98 Å². The van der Waals surface area contributed by atoms with Gasteiger partial charge in [-0.25, -0.2) is 14.2 Å². The van der Waals surface area contributed by atoms with Gasteiger partial charge in [-0.1, -0.05) is 23.7 Å². The summed E-state index contributed by atoms with van der Waals surface area (Å²) >= 11 is 5.90. The Bertz CT molecular complexity index is 813. The Balaban J connectivity index is 2.46. The van der Waals surface area contributed by atoms with Crippen LogP contribution in [0, 0.1) is 5.82 Å². The highest BCUT2D eigenvalue weighted by molar-refractivity contribution is 6.32. The molecule has 0 aliphatic carbocycles. The van der Waals surface area contributed by atoms with E-state index in [1.165, 1.54) is 6.07 Å². The van der Waals surface area contributed by atoms with Gasteiger partial charge in [-0.3, -0.25) is 0 Å². The number of carbonyl (C=O) groups excluding carboxylic acids is 1. The third kappa shape index (κ3) is 4.69. The number of nitrogens with zero attached hydrogens (tertiary/aromatic N) is 1. The standard InChI is InChI=1S/C17H14ClF4NO2/c1-16(2,3)25-15(24)11-8-12(19)13(23-14(11)18)9-5-4-6-10(7-9)17(20,21)22/h4-8H,1-3H3. The second-order valence-electron chi connectivity index (χ2n) is 6.24. The molecule has 2 aromatic rings. The minimum Gasteiger partial charge on any atom is -0.456 e. The normalized spacial score (nSPS) is 12.2. The van der Waals surface area contributed by atoms with Gasteiger partial charge in [-0.15, -0.1) is 0 Å². The highest BCUT2D eigenvalue weighted by Crippen LogP contribution is 2.33. The lowest BCUT2D eigenvalue weighted by Crippen LogP contribution is -2.24. The molecule has 0 saturated carbocycles. The zero-order chi connectivity index (χ0) is 19.0. The van der Waals surface area contributed by atoms with Crippen LogP contribution in [0.3, 0.4) is 0 Å². The molecule has 0 radical (unpaired) electrons. The quantitative estimate of drug-likeness (QED) is 0.394. The van der Waals surface area contributed by atoms with Gasteiger partial charge in [0.1, 0.15) is 22.3 Å². The van der Waals surface area contributed by atoms with Crippen molar-refractivity contribution in [3.8, 4) is 11.3 Å². The summed E-state index contributed by atoms with van der Waals surface area (Å²) in [6.07, 6.45) is -4.58. The second kappa shape index (κ2) is 6.63. The van der Waals surface area contributed by atoms with Crippen LogP contribution in [-0.4, -0.2) is 16.6 Å². The summed E-state index contributed by atoms with van der Waals surface area (Å²) in [7, 11) is 0. The molecule has 0 spiro atoms. The number of ether oxygens (including phenoxy) is 1. The fourth-order valence-electron chi connectivity index (χ4n) is 1.99. The van der Waals surface area contributed by atoms with E-state index in [0.29, 0.717) is 0 Å². The summed E-state index contributed by atoms with van der Waals surface area (Å²) < 4.78 is 57.8. The van der Waals surface area contributed by atoms with Crippen LogP contribution in [0.25, 0.3) is 11.3 Å². The van der Waals surface area contributed by atoms with Crippen molar-refractivity contribution in [3.05, 3.63) is 52.4 Å². The Kier molecular flexibility index (Phi) is 5.09. The third-order valence-electron chi connectivity index (χ3n) is 3.01. The average molecular weight is 376 g/mol. The van der Waals surface area contributed by atoms with E-state index in [1.54, 1.807) is 20.8 Å². The summed E-state index contributed by atoms with van der Waals surface area (Å²) in [6, 6.07) is 4.82. The first-order valence-electron chi connectivity index (χ1n) is 7.15. The molecule has 0 atom stereocenters. The number of esters is 1. The van der Waals surface area contributed by atoms with Gasteiger partial charge >= 0.3 is 12.1 Å². The number of carbonyl (C=O) groups is 1. The number of pyridine rings is 1. The molecular formula is C17H14ClF4NO2. The van der Waals surface area contributed by atoms with Crippen LogP contribution in [0.2, 0.25) is 5.15 Å². The first-order chi connectivity index (χ1) is 11.4. The molecule has 1 heterocycles. The minimum absolute atomic E-state index is 0.107. The molecule has 0 unspecified atom stereocenters. The van der Waals surface area contributed by atoms with Crippen molar-refractivity contribution < 1.29 is 27.1 Å². The van der Waals surface area contributed by atoms with Gasteiger partial charge in [0.15, 0.2) is 0 Å². The van der Waals surface area contributed by atoms with Gasteiger partial charge in [-0.05, 0) is 39.0 Å². The minimum atomic E-state index is -4.58. The monoisotopic (exact) mass is 375 g/mol. The molecule has 25 heavy (non-hydrogen) atoms. The number of halogens is 5. The molecule has 1 aromatic heterocycles. The van der Waals surface area contributed by atoms with E-state index in [9.17, 15) is 22.4 Å². The molecule has 0 saturated heterocycles. The zero-order valence-electron chi connectivity index (χ0n) is 13.5. The summed E-state index contributed by atoms with van der Waals surface area (Å²) in [6.45, 7) is 4.87. The lowest BCUT2D eigenvalue weighted by atomic mass is 10.1. The van der Waals surface area contributed by atoms with Crippen molar-refractivity contribution in [3.63, 3.8) is 0 Å². The van der Waals surface area contributed by atoms with Gasteiger partial charge in [-0.2, -0.15) is 13.2 Å². The first-order valence-corrected chi connectivity index (χ1v) is 7.53. The van der Waals surface area contributed by atoms with Crippen LogP contribution >= 0.6 is 11.6 Å². The van der Waals surface area contributed by atoms with Crippen molar-refractivity contribution in [2.75, 3.05) is 0 Å². The van der Waals surface area contributed by atoms with Gasteiger partial charge in [0.25, 0.3) is 0 Å². The maximum absolute atomic E-state index is 14.3. The fourth-order valence-corrected chi connectivity index (χ4v) is 2.20. The molecule has 1 aromatic carbocycles. The Morgan fingerprint density at radius 3 is 2.36 bits per heavy atom. The predicted octanol–water partition coefficient (Wildman–Crippen LogP) is 5.52. The number of rotatable bonds is 2. The predicted molar refractivity (Wildman–Crippen MR) is 84.8 cm³/mol. The highest BCUT2D eigenvalue weighted by Gasteiger charge is 2.31. The lowest BCUT2D eigenvalue weighted by molar-refractivity contribution is -0.137. The summed E-state index contributed by atoms with van der Waals surface area (Å²) in [5.74, 6) is -1.86. The first kappa shape index (κ1) is 19.2. The molecule has 0 aliphatic heterocycles. The smallest absolute Gasteiger partial charge is 0.416 e. The van der Waals surface area contributed by atoms with Crippen molar-refractivity contribution >= 4 is 17.6 Å². The number of hydrogen-bond donors (Lipinski definition) is 0. The number of hydrogen-bond acceptors (Lipinski definition) is 3. The van der Waals surface area contributed by atoms with Crippen molar-refractivity contribution in [1.29, 1.82) is 0 Å². The van der Waals surface area contributed by atoms with E-state index in [2.05, 4.69) is 4.98 Å². The van der Waals surface area contributed by atoms with Crippen LogP contribution < -0.4 is 0 Å². The Labute approximate surface area is 146 Å². The van der Waals surface area contributed by atoms with Crippen LogP contribution in [0.15, 0.2) is 30.3 Å². The van der Waals surface area contributed by atoms with E-state index in [4.69, 9.17) is 16.3 Å². The maximum Gasteiger partial charge on any atom is 0.416 e. The molecule has 0 N–H and O–H groups in total. The molecule has 0 amide bonds. The van der Waals surface area contributed by atoms with Crippen LogP contribution in [0.4, 0.5) is 17.6 Å². The third-order valence-corrected chi connectivity index (χ3v) is 3.30. The Morgan fingerprint density at radius 1 is 1.16 bits per heavy atom. The average Bonchev–Trinajstić information content (AvgIpc) is 2.46. The number of benzene rings is 1. The molecule has 0 bridgehead atoms. The van der Waals surface area contributed by atoms with Crippen LogP contribution in [0.1, 0.15) is 36.7 Å². The van der Waals surface area contributed by atoms with Crippen LogP contribution in [-0.2, 0) is 10.9 Å². The Morgan fingerprint density at radius 2 is 1.80 bits per heavy atom. The number of aromatic nitrogens is 1. The van der Waals surface area contributed by atoms with Gasteiger partial charge in [0.05, 0.1) is 11.1 Å². The van der Waals surface area contributed by atoms with E-state index in [1.807, 2.05) is 0 Å². The summed E-state index contributed by atoms with van der Waals surface area (Å²) in [5, 5.41) is -0.358. The molecule has 8 heteroatoms. The molecule has 2 rings (SSSR count). The lowest BCUT2D eigenvalue weighted by Gasteiger charge is -2.20. The molecule has 0 aliphatic rings. The summed E-state index contributed by atoms with van der Waals surface area (Å²) in [4.78, 5) is 15.7. The van der Waals surface area contributed by atoms with E-state index in [0.717, 1.165) is 24.3 Å². The fraction of sp³-hybridized carbons (Fsp3) is 0.294. The second-order valence-corrected chi connectivity index (χ2v) is 6.60. The SMILES string of the molecule is CC(C)(C)OC(=O)c1cc(F)c(-c2cccc(C(F)(F)F)c2)nc1Cl. The van der Waals surface area contributed by atoms with E-state index in [-0.39, 0.29) is 22.0 Å². The molecule has 0 fully saturated rings. The molecule has 3 nitrogen and oxygen atoms in total. The molecule has 134 valence electrons. The zero-order valence-corrected chi connectivity index (χ0v) is 14.3. The van der Waals surface area contributed by atoms with E-state index < -0.39 is 29.1 Å². The summed E-state index contributed by atoms with van der Waals surface area (Å²) in [5.41, 5.74) is -2.56. The van der Waals surface area contributed by atoms with Crippen molar-refractivity contribution in [2.24, 2.45) is 0 Å². The topological polar surface area (TPSA) is 39.2 Å². The Hall–Kier alpha value is -2.15. The largest absolute Gasteiger partial charge is 0.456 e. The van der Waals surface area contributed by atoms with E-state index >= 15 is 0 Å². The van der Waals surface area contributed by atoms with Crippen LogP contribution in [0.5, 0.6) is 0 Å². The van der Waals surface area contributed by atoms with Gasteiger partial charge < -0.3 is 4.74 Å².